The quantitative estimate of drug-likeness (QED) is 0.834. The molecule has 1 heterocycles. The molecule has 0 bridgehead atoms. The molecule has 0 aromatic heterocycles. The monoisotopic (exact) mass is 351 g/mol. The Morgan fingerprint density at radius 1 is 1.19 bits per heavy atom. The second kappa shape index (κ2) is 6.32. The Bertz CT molecular complexity index is 623. The molecule has 1 aromatic rings. The average Bonchev–Trinajstić information content (AvgIpc) is 2.40. The van der Waals surface area contributed by atoms with Crippen molar-refractivity contribution in [3.63, 3.8) is 0 Å². The lowest BCUT2D eigenvalue weighted by Gasteiger charge is -2.34. The van der Waals surface area contributed by atoms with Gasteiger partial charge in [-0.05, 0) is 30.4 Å². The summed E-state index contributed by atoms with van der Waals surface area (Å²) < 4.78 is 32.4. The fourth-order valence-corrected chi connectivity index (χ4v) is 5.13. The first-order valence-electron chi connectivity index (χ1n) is 6.79. The van der Waals surface area contributed by atoms with E-state index in [4.69, 9.17) is 27.9 Å². The van der Waals surface area contributed by atoms with Crippen LogP contribution in [0.1, 0.15) is 20.3 Å². The number of halogens is 2. The molecule has 0 saturated carbocycles. The van der Waals surface area contributed by atoms with Crippen LogP contribution in [0.5, 0.6) is 5.75 Å². The van der Waals surface area contributed by atoms with E-state index in [1.807, 2.05) is 0 Å². The maximum absolute atomic E-state index is 12.9. The SMILES string of the molecule is COc1c(S(=O)(=O)N2C[C@H](C)C[C@H](C)C2)ccc(Cl)c1Cl. The van der Waals surface area contributed by atoms with Gasteiger partial charge in [0.25, 0.3) is 0 Å². The summed E-state index contributed by atoms with van der Waals surface area (Å²) in [6.07, 6.45) is 1.03. The summed E-state index contributed by atoms with van der Waals surface area (Å²) in [6, 6.07) is 2.93. The number of nitrogens with zero attached hydrogens (tertiary/aromatic N) is 1. The Hall–Kier alpha value is -0.490. The van der Waals surface area contributed by atoms with E-state index in [0.717, 1.165) is 6.42 Å². The number of piperidine rings is 1. The van der Waals surface area contributed by atoms with Crippen LogP contribution in [0.4, 0.5) is 0 Å². The highest BCUT2D eigenvalue weighted by Gasteiger charge is 2.34. The van der Waals surface area contributed by atoms with Crippen molar-refractivity contribution in [3.8, 4) is 5.75 Å². The molecule has 1 aliphatic rings. The lowest BCUT2D eigenvalue weighted by molar-refractivity contribution is 0.222. The van der Waals surface area contributed by atoms with Gasteiger partial charge in [-0.1, -0.05) is 37.0 Å². The molecule has 21 heavy (non-hydrogen) atoms. The zero-order valence-corrected chi connectivity index (χ0v) is 14.6. The van der Waals surface area contributed by atoms with Crippen LogP contribution in [0, 0.1) is 11.8 Å². The summed E-state index contributed by atoms with van der Waals surface area (Å²) in [5.41, 5.74) is 0. The van der Waals surface area contributed by atoms with Crippen molar-refractivity contribution in [2.24, 2.45) is 11.8 Å². The van der Waals surface area contributed by atoms with Gasteiger partial charge >= 0.3 is 0 Å². The lowest BCUT2D eigenvalue weighted by atomic mass is 9.94. The van der Waals surface area contributed by atoms with Gasteiger partial charge in [0.15, 0.2) is 5.75 Å². The van der Waals surface area contributed by atoms with Crippen LogP contribution in [0.2, 0.25) is 10.0 Å². The van der Waals surface area contributed by atoms with Crippen LogP contribution in [0.25, 0.3) is 0 Å². The highest BCUT2D eigenvalue weighted by molar-refractivity contribution is 7.89. The summed E-state index contributed by atoms with van der Waals surface area (Å²) in [6.45, 7) is 5.14. The largest absolute Gasteiger partial charge is 0.494 e. The number of rotatable bonds is 3. The molecule has 1 aliphatic heterocycles. The number of methoxy groups -OCH3 is 1. The first-order chi connectivity index (χ1) is 9.77. The molecule has 0 aliphatic carbocycles. The Morgan fingerprint density at radius 2 is 1.76 bits per heavy atom. The van der Waals surface area contributed by atoms with Gasteiger partial charge in [-0.25, -0.2) is 8.42 Å². The van der Waals surface area contributed by atoms with Crippen molar-refractivity contribution in [2.45, 2.75) is 25.2 Å². The second-order valence-electron chi connectivity index (χ2n) is 5.66. The highest BCUT2D eigenvalue weighted by Crippen LogP contribution is 2.39. The van der Waals surface area contributed by atoms with E-state index in [1.54, 1.807) is 0 Å². The van der Waals surface area contributed by atoms with Crippen LogP contribution in [0.3, 0.4) is 0 Å². The van der Waals surface area contributed by atoms with Crippen molar-refractivity contribution in [1.29, 1.82) is 0 Å². The number of benzene rings is 1. The molecular weight excluding hydrogens is 333 g/mol. The number of hydrogen-bond donors (Lipinski definition) is 0. The van der Waals surface area contributed by atoms with Gasteiger partial charge < -0.3 is 4.74 Å². The Balaban J connectivity index is 2.47. The van der Waals surface area contributed by atoms with E-state index in [-0.39, 0.29) is 20.7 Å². The summed E-state index contributed by atoms with van der Waals surface area (Å²) >= 11 is 12.0. The molecule has 1 fully saturated rings. The minimum absolute atomic E-state index is 0.0701. The zero-order chi connectivity index (χ0) is 15.8. The minimum atomic E-state index is -3.64. The first-order valence-corrected chi connectivity index (χ1v) is 8.99. The predicted molar refractivity (Wildman–Crippen MR) is 84.7 cm³/mol. The molecule has 0 spiro atoms. The summed E-state index contributed by atoms with van der Waals surface area (Å²) in [5.74, 6) is 0.768. The molecule has 1 saturated heterocycles. The average molecular weight is 352 g/mol. The molecule has 7 heteroatoms. The van der Waals surface area contributed by atoms with Gasteiger partial charge in [-0.3, -0.25) is 0 Å². The zero-order valence-electron chi connectivity index (χ0n) is 12.3. The summed E-state index contributed by atoms with van der Waals surface area (Å²) in [7, 11) is -2.26. The van der Waals surface area contributed by atoms with Gasteiger partial charge in [-0.15, -0.1) is 0 Å². The number of hydrogen-bond acceptors (Lipinski definition) is 3. The van der Waals surface area contributed by atoms with Crippen LogP contribution in [0.15, 0.2) is 17.0 Å². The third-order valence-electron chi connectivity index (χ3n) is 3.67. The van der Waals surface area contributed by atoms with Gasteiger partial charge in [0.2, 0.25) is 10.0 Å². The van der Waals surface area contributed by atoms with Gasteiger partial charge in [0.1, 0.15) is 9.92 Å². The molecule has 0 N–H and O–H groups in total. The topological polar surface area (TPSA) is 46.6 Å². The standard InChI is InChI=1S/C14H19Cl2NO3S/c1-9-6-10(2)8-17(7-9)21(18,19)12-5-4-11(15)13(16)14(12)20-3/h4-5,9-10H,6-8H2,1-3H3/t9-,10+. The van der Waals surface area contributed by atoms with Gasteiger partial charge in [0.05, 0.1) is 12.1 Å². The molecular formula is C14H19Cl2NO3S. The van der Waals surface area contributed by atoms with Crippen LogP contribution in [-0.2, 0) is 10.0 Å². The number of sulfonamides is 1. The molecule has 1 aromatic carbocycles. The van der Waals surface area contributed by atoms with Crippen molar-refractivity contribution >= 4 is 33.2 Å². The fraction of sp³-hybridized carbons (Fsp3) is 0.571. The van der Waals surface area contributed by atoms with Crippen LogP contribution in [-0.4, -0.2) is 32.9 Å². The van der Waals surface area contributed by atoms with E-state index in [2.05, 4.69) is 13.8 Å². The van der Waals surface area contributed by atoms with Gasteiger partial charge in [-0.2, -0.15) is 4.31 Å². The van der Waals surface area contributed by atoms with Crippen LogP contribution < -0.4 is 4.74 Å². The third kappa shape index (κ3) is 3.31. The molecule has 0 amide bonds. The van der Waals surface area contributed by atoms with E-state index in [0.29, 0.717) is 24.9 Å². The molecule has 118 valence electrons. The maximum atomic E-state index is 12.9. The lowest BCUT2D eigenvalue weighted by Crippen LogP contribution is -2.42. The first kappa shape index (κ1) is 16.9. The smallest absolute Gasteiger partial charge is 0.246 e. The molecule has 2 rings (SSSR count). The molecule has 4 nitrogen and oxygen atoms in total. The van der Waals surface area contributed by atoms with E-state index < -0.39 is 10.0 Å². The van der Waals surface area contributed by atoms with Crippen molar-refractivity contribution < 1.29 is 13.2 Å². The second-order valence-corrected chi connectivity index (χ2v) is 8.35. The molecule has 0 radical (unpaired) electrons. The third-order valence-corrected chi connectivity index (χ3v) is 6.31. The maximum Gasteiger partial charge on any atom is 0.246 e. The van der Waals surface area contributed by atoms with Gasteiger partial charge in [0, 0.05) is 13.1 Å². The summed E-state index contributed by atoms with van der Waals surface area (Å²) in [4.78, 5) is 0.0701. The summed E-state index contributed by atoms with van der Waals surface area (Å²) in [5, 5.41) is 0.395. The van der Waals surface area contributed by atoms with E-state index in [1.165, 1.54) is 23.5 Å². The molecule has 0 unspecified atom stereocenters. The van der Waals surface area contributed by atoms with Crippen molar-refractivity contribution in [1.82, 2.24) is 4.31 Å². The van der Waals surface area contributed by atoms with E-state index in [9.17, 15) is 8.42 Å². The molecule has 2 atom stereocenters. The highest BCUT2D eigenvalue weighted by atomic mass is 35.5. The Labute approximate surface area is 136 Å². The van der Waals surface area contributed by atoms with Crippen molar-refractivity contribution in [2.75, 3.05) is 20.2 Å². The van der Waals surface area contributed by atoms with Crippen LogP contribution >= 0.6 is 23.2 Å². The fourth-order valence-electron chi connectivity index (χ4n) is 2.85. The van der Waals surface area contributed by atoms with Crippen molar-refractivity contribution in [3.05, 3.63) is 22.2 Å². The number of ether oxygens (including phenoxy) is 1. The normalized spacial score (nSPS) is 24.0. The van der Waals surface area contributed by atoms with E-state index >= 15 is 0 Å². The Kier molecular flexibility index (Phi) is 5.08. The minimum Gasteiger partial charge on any atom is -0.494 e. The Morgan fingerprint density at radius 3 is 2.29 bits per heavy atom. The predicted octanol–water partition coefficient (Wildman–Crippen LogP) is 3.67.